The zero-order valence-electron chi connectivity index (χ0n) is 6.49. The minimum Gasteiger partial charge on any atom is -0.448 e. The van der Waals surface area contributed by atoms with E-state index < -0.39 is 9.46 Å². The summed E-state index contributed by atoms with van der Waals surface area (Å²) in [5.41, 5.74) is 1.83. The van der Waals surface area contributed by atoms with Gasteiger partial charge in [0.2, 0.25) is 0 Å². The molecule has 1 aromatic carbocycles. The van der Waals surface area contributed by atoms with Crippen molar-refractivity contribution >= 4 is 14.7 Å². The fourth-order valence-electron chi connectivity index (χ4n) is 1.08. The molecule has 1 rings (SSSR count). The lowest BCUT2D eigenvalue weighted by molar-refractivity contribution is 0.684. The van der Waals surface area contributed by atoms with Gasteiger partial charge in [-0.15, -0.1) is 5.19 Å². The molecule has 0 atom stereocenters. The van der Waals surface area contributed by atoms with Crippen LogP contribution in [0.25, 0.3) is 0 Å². The molecule has 0 amide bonds. The van der Waals surface area contributed by atoms with Crippen molar-refractivity contribution in [3.8, 4) is 0 Å². The Labute approximate surface area is 66.8 Å². The number of rotatable bonds is 1. The first-order chi connectivity index (χ1) is 5.09. The van der Waals surface area contributed by atoms with Gasteiger partial charge in [0.25, 0.3) is 0 Å². The van der Waals surface area contributed by atoms with Crippen LogP contribution in [-0.4, -0.2) is 9.46 Å². The summed E-state index contributed by atoms with van der Waals surface area (Å²) in [6.07, 6.45) is 0. The van der Waals surface area contributed by atoms with Crippen molar-refractivity contribution in [2.75, 3.05) is 0 Å². The fraction of sp³-hybridized carbons (Fsp3) is 0.250. The summed E-state index contributed by atoms with van der Waals surface area (Å²) in [5.74, 6) is 0. The number of hydrogen-bond donors (Lipinski definition) is 0. The highest BCUT2D eigenvalue weighted by Crippen LogP contribution is 2.02. The van der Waals surface area contributed by atoms with Crippen LogP contribution in [0.5, 0.6) is 0 Å². The molecule has 1 aromatic rings. The fourth-order valence-corrected chi connectivity index (χ4v) is 1.76. The van der Waals surface area contributed by atoms with Gasteiger partial charge in [0.15, 0.2) is 0 Å². The second-order valence-corrected chi connectivity index (χ2v) is 3.73. The molecule has 0 aromatic heterocycles. The average molecular weight is 171 g/mol. The molecule has 11 heavy (non-hydrogen) atoms. The van der Waals surface area contributed by atoms with Gasteiger partial charge < -0.3 is 8.22 Å². The van der Waals surface area contributed by atoms with Crippen LogP contribution in [0.4, 0.5) is 8.22 Å². The molecular formula is C8H9F2Si-. The van der Waals surface area contributed by atoms with Crippen molar-refractivity contribution in [3.63, 3.8) is 0 Å². The van der Waals surface area contributed by atoms with E-state index in [2.05, 4.69) is 0 Å². The first kappa shape index (κ1) is 8.39. The standard InChI is InChI=1S/C8H9F2Si/c1-6-3-7(2)5-8(4-6)11(9)10/h3-5H,1-2H3/q-1. The lowest BCUT2D eigenvalue weighted by Crippen LogP contribution is -2.20. The van der Waals surface area contributed by atoms with Gasteiger partial charge in [-0.25, -0.2) is 0 Å². The predicted octanol–water partition coefficient (Wildman–Crippen LogP) is 1.94. The molecule has 0 radical (unpaired) electrons. The van der Waals surface area contributed by atoms with Crippen LogP contribution in [0.15, 0.2) is 18.2 Å². The van der Waals surface area contributed by atoms with E-state index in [4.69, 9.17) is 0 Å². The first-order valence-corrected chi connectivity index (χ1v) is 4.62. The maximum Gasteiger partial charge on any atom is 0.0940 e. The third-order valence-corrected chi connectivity index (χ3v) is 2.17. The maximum atomic E-state index is 12.2. The van der Waals surface area contributed by atoms with Crippen molar-refractivity contribution in [2.45, 2.75) is 13.8 Å². The SMILES string of the molecule is Cc1cc(C)cc([Si-](F)F)c1. The van der Waals surface area contributed by atoms with Gasteiger partial charge in [-0.05, 0) is 13.8 Å². The van der Waals surface area contributed by atoms with Crippen LogP contribution in [0, 0.1) is 13.8 Å². The highest BCUT2D eigenvalue weighted by molar-refractivity contribution is 6.60. The van der Waals surface area contributed by atoms with E-state index in [0.29, 0.717) is 0 Å². The van der Waals surface area contributed by atoms with E-state index in [9.17, 15) is 8.22 Å². The summed E-state index contributed by atoms with van der Waals surface area (Å²) in [7, 11) is -3.26. The lowest BCUT2D eigenvalue weighted by atomic mass is 10.2. The van der Waals surface area contributed by atoms with Crippen molar-refractivity contribution in [2.24, 2.45) is 0 Å². The normalized spacial score (nSPS) is 9.82. The molecule has 3 heteroatoms. The molecule has 0 heterocycles. The van der Waals surface area contributed by atoms with E-state index in [1.165, 1.54) is 0 Å². The van der Waals surface area contributed by atoms with E-state index in [-0.39, 0.29) is 5.19 Å². The van der Waals surface area contributed by atoms with Crippen molar-refractivity contribution in [1.82, 2.24) is 0 Å². The number of aryl methyl sites for hydroxylation is 2. The summed E-state index contributed by atoms with van der Waals surface area (Å²) in [6, 6.07) is 5.01. The quantitative estimate of drug-likeness (QED) is 0.447. The molecule has 0 spiro atoms. The topological polar surface area (TPSA) is 0 Å². The third-order valence-electron chi connectivity index (χ3n) is 1.44. The molecule has 60 valence electrons. The summed E-state index contributed by atoms with van der Waals surface area (Å²) >= 11 is 0. The highest BCUT2D eigenvalue weighted by Gasteiger charge is 1.95. The van der Waals surface area contributed by atoms with E-state index in [0.717, 1.165) is 11.1 Å². The number of benzene rings is 1. The van der Waals surface area contributed by atoms with E-state index >= 15 is 0 Å². The molecule has 0 N–H and O–H groups in total. The molecule has 0 aliphatic carbocycles. The number of halogens is 2. The molecule has 0 aliphatic rings. The Balaban J connectivity index is 3.08. The van der Waals surface area contributed by atoms with Crippen LogP contribution in [0.1, 0.15) is 11.1 Å². The Morgan fingerprint density at radius 1 is 1.00 bits per heavy atom. The number of hydrogen-bond acceptors (Lipinski definition) is 0. The van der Waals surface area contributed by atoms with Gasteiger partial charge in [0.05, 0.1) is 9.46 Å². The van der Waals surface area contributed by atoms with Crippen LogP contribution < -0.4 is 5.19 Å². The Morgan fingerprint density at radius 3 is 1.82 bits per heavy atom. The third kappa shape index (κ3) is 2.12. The van der Waals surface area contributed by atoms with Gasteiger partial charge in [-0.1, -0.05) is 29.3 Å². The van der Waals surface area contributed by atoms with Crippen molar-refractivity contribution in [3.05, 3.63) is 29.3 Å². The largest absolute Gasteiger partial charge is 0.448 e. The second-order valence-electron chi connectivity index (χ2n) is 2.64. The molecule has 0 saturated heterocycles. The van der Waals surface area contributed by atoms with Gasteiger partial charge in [-0.2, -0.15) is 0 Å². The zero-order valence-corrected chi connectivity index (χ0v) is 7.49. The predicted molar refractivity (Wildman–Crippen MR) is 43.5 cm³/mol. The molecular weight excluding hydrogens is 162 g/mol. The highest BCUT2D eigenvalue weighted by atomic mass is 28.4. The smallest absolute Gasteiger partial charge is 0.0940 e. The molecule has 0 aliphatic heterocycles. The van der Waals surface area contributed by atoms with Crippen molar-refractivity contribution in [1.29, 1.82) is 0 Å². The molecule has 0 nitrogen and oxygen atoms in total. The summed E-state index contributed by atoms with van der Waals surface area (Å²) in [6.45, 7) is 3.67. The Hall–Kier alpha value is -0.703. The summed E-state index contributed by atoms with van der Waals surface area (Å²) < 4.78 is 24.5. The molecule has 0 unspecified atom stereocenters. The van der Waals surface area contributed by atoms with Gasteiger partial charge in [0.1, 0.15) is 0 Å². The molecule has 0 bridgehead atoms. The first-order valence-electron chi connectivity index (χ1n) is 3.36. The molecule has 0 saturated carbocycles. The van der Waals surface area contributed by atoms with E-state index in [1.54, 1.807) is 12.1 Å². The minimum atomic E-state index is -3.26. The monoisotopic (exact) mass is 171 g/mol. The zero-order chi connectivity index (χ0) is 8.43. The summed E-state index contributed by atoms with van der Waals surface area (Å²) in [5, 5.41) is 0.215. The Kier molecular flexibility index (Phi) is 2.39. The van der Waals surface area contributed by atoms with Crippen molar-refractivity contribution < 1.29 is 8.22 Å². The van der Waals surface area contributed by atoms with Gasteiger partial charge in [0, 0.05) is 0 Å². The van der Waals surface area contributed by atoms with E-state index in [1.807, 2.05) is 19.9 Å². The summed E-state index contributed by atoms with van der Waals surface area (Å²) in [4.78, 5) is 0. The average Bonchev–Trinajstić information content (AvgIpc) is 1.85. The van der Waals surface area contributed by atoms with Crippen LogP contribution in [0.3, 0.4) is 0 Å². The lowest BCUT2D eigenvalue weighted by Gasteiger charge is -2.12. The minimum absolute atomic E-state index is 0.215. The molecule has 0 fully saturated rings. The van der Waals surface area contributed by atoms with Gasteiger partial charge >= 0.3 is 0 Å². The second kappa shape index (κ2) is 3.13. The van der Waals surface area contributed by atoms with Gasteiger partial charge in [-0.3, -0.25) is 0 Å². The van der Waals surface area contributed by atoms with Crippen LogP contribution in [0.2, 0.25) is 0 Å². The Morgan fingerprint density at radius 2 is 1.45 bits per heavy atom. The maximum absolute atomic E-state index is 12.2. The Bertz CT molecular complexity index is 238. The van der Waals surface area contributed by atoms with Crippen LogP contribution in [-0.2, 0) is 0 Å². The van der Waals surface area contributed by atoms with Crippen LogP contribution >= 0.6 is 0 Å².